The highest BCUT2D eigenvalue weighted by atomic mass is 16.5. The van der Waals surface area contributed by atoms with Crippen molar-refractivity contribution < 1.29 is 24.2 Å². The highest BCUT2D eigenvalue weighted by molar-refractivity contribution is 5.75. The number of nitrogens with two attached hydrogens (primary N) is 1. The Morgan fingerprint density at radius 1 is 1.06 bits per heavy atom. The average molecular weight is 499 g/mol. The summed E-state index contributed by atoms with van der Waals surface area (Å²) in [6, 6.07) is 12.7. The van der Waals surface area contributed by atoms with E-state index in [1.54, 1.807) is 12.1 Å². The second-order valence-electron chi connectivity index (χ2n) is 11.4. The van der Waals surface area contributed by atoms with Gasteiger partial charge in [0, 0.05) is 19.0 Å². The van der Waals surface area contributed by atoms with Crippen molar-refractivity contribution in [1.82, 2.24) is 4.90 Å². The maximum atomic E-state index is 12.5. The van der Waals surface area contributed by atoms with Crippen molar-refractivity contribution >= 4 is 12.0 Å². The molecular formula is C29H42N2O5. The normalized spacial score (nSPS) is 12.6. The number of amides is 2. The van der Waals surface area contributed by atoms with E-state index in [0.29, 0.717) is 18.7 Å². The van der Waals surface area contributed by atoms with Gasteiger partial charge in [-0.1, -0.05) is 51.1 Å². The molecule has 36 heavy (non-hydrogen) atoms. The summed E-state index contributed by atoms with van der Waals surface area (Å²) in [5.74, 6) is -0.0463. The van der Waals surface area contributed by atoms with Gasteiger partial charge in [0.15, 0.2) is 11.5 Å². The molecule has 1 atom stereocenters. The minimum atomic E-state index is -0.616. The molecule has 0 fully saturated rings. The molecule has 0 saturated heterocycles. The SMILES string of the molecule is COc1cc(CN(CC(CCc2ccccc2C(C)(C)C)COC(=O)C(C)(C)C)C(N)=O)ccc1O. The fourth-order valence-corrected chi connectivity index (χ4v) is 4.05. The van der Waals surface area contributed by atoms with Crippen molar-refractivity contribution in [3.05, 3.63) is 59.2 Å². The molecule has 0 aliphatic rings. The summed E-state index contributed by atoms with van der Waals surface area (Å²) >= 11 is 0. The molecule has 3 N–H and O–H groups in total. The number of ether oxygens (including phenoxy) is 2. The van der Waals surface area contributed by atoms with Gasteiger partial charge in [-0.3, -0.25) is 4.79 Å². The summed E-state index contributed by atoms with van der Waals surface area (Å²) in [4.78, 5) is 26.4. The number of phenols is 1. The Morgan fingerprint density at radius 2 is 1.72 bits per heavy atom. The van der Waals surface area contributed by atoms with Crippen LogP contribution in [-0.4, -0.2) is 42.3 Å². The molecule has 0 aliphatic heterocycles. The van der Waals surface area contributed by atoms with Crippen LogP contribution in [0.4, 0.5) is 4.79 Å². The number of urea groups is 1. The number of carbonyl (C=O) groups excluding carboxylic acids is 2. The lowest BCUT2D eigenvalue weighted by atomic mass is 9.82. The van der Waals surface area contributed by atoms with Gasteiger partial charge in [-0.2, -0.15) is 0 Å². The maximum absolute atomic E-state index is 12.5. The van der Waals surface area contributed by atoms with E-state index in [9.17, 15) is 14.7 Å². The molecule has 2 aromatic rings. The molecular weight excluding hydrogens is 456 g/mol. The van der Waals surface area contributed by atoms with Crippen LogP contribution in [0.2, 0.25) is 0 Å². The Kier molecular flexibility index (Phi) is 9.79. The zero-order chi connectivity index (χ0) is 27.1. The van der Waals surface area contributed by atoms with E-state index in [1.165, 1.54) is 29.2 Å². The van der Waals surface area contributed by atoms with Gasteiger partial charge in [-0.15, -0.1) is 0 Å². The number of esters is 1. The molecule has 0 radical (unpaired) electrons. The lowest BCUT2D eigenvalue weighted by Gasteiger charge is -2.28. The van der Waals surface area contributed by atoms with Gasteiger partial charge in [0.05, 0.1) is 19.1 Å². The summed E-state index contributed by atoms with van der Waals surface area (Å²) in [6.07, 6.45) is 1.50. The van der Waals surface area contributed by atoms with E-state index in [4.69, 9.17) is 15.2 Å². The molecule has 0 aromatic heterocycles. The number of nitrogens with zero attached hydrogens (tertiary/aromatic N) is 1. The molecule has 0 heterocycles. The van der Waals surface area contributed by atoms with Gasteiger partial charge >= 0.3 is 12.0 Å². The van der Waals surface area contributed by atoms with E-state index >= 15 is 0 Å². The Hall–Kier alpha value is -3.22. The van der Waals surface area contributed by atoms with Crippen molar-refractivity contribution in [3.63, 3.8) is 0 Å². The molecule has 0 aliphatic carbocycles. The first-order chi connectivity index (χ1) is 16.7. The quantitative estimate of drug-likeness (QED) is 0.426. The predicted molar refractivity (Wildman–Crippen MR) is 142 cm³/mol. The Labute approximate surface area is 215 Å². The Morgan fingerprint density at radius 3 is 2.31 bits per heavy atom. The molecule has 2 rings (SSSR count). The van der Waals surface area contributed by atoms with Crippen LogP contribution in [0.15, 0.2) is 42.5 Å². The van der Waals surface area contributed by atoms with Gasteiger partial charge in [-0.05, 0) is 67.9 Å². The highest BCUT2D eigenvalue weighted by Crippen LogP contribution is 2.29. The van der Waals surface area contributed by atoms with Crippen molar-refractivity contribution in [3.8, 4) is 11.5 Å². The van der Waals surface area contributed by atoms with Crippen LogP contribution in [-0.2, 0) is 27.9 Å². The number of carbonyl (C=O) groups is 2. The van der Waals surface area contributed by atoms with Crippen LogP contribution in [0.1, 0.15) is 64.7 Å². The number of phenolic OH excluding ortho intramolecular Hbond substituents is 1. The van der Waals surface area contributed by atoms with Crippen molar-refractivity contribution in [2.24, 2.45) is 17.1 Å². The number of rotatable bonds is 10. The predicted octanol–water partition coefficient (Wildman–Crippen LogP) is 5.42. The number of methoxy groups -OCH3 is 1. The molecule has 7 nitrogen and oxygen atoms in total. The van der Waals surface area contributed by atoms with Gasteiger partial charge in [-0.25, -0.2) is 4.79 Å². The molecule has 198 valence electrons. The fraction of sp³-hybridized carbons (Fsp3) is 0.517. The van der Waals surface area contributed by atoms with Gasteiger partial charge in [0.1, 0.15) is 0 Å². The molecule has 0 bridgehead atoms. The first kappa shape index (κ1) is 29.0. The largest absolute Gasteiger partial charge is 0.504 e. The lowest BCUT2D eigenvalue weighted by Crippen LogP contribution is -2.40. The minimum absolute atomic E-state index is 0.00196. The van der Waals surface area contributed by atoms with Crippen molar-refractivity contribution in [1.29, 1.82) is 0 Å². The fourth-order valence-electron chi connectivity index (χ4n) is 4.05. The standard InChI is InChI=1S/C29H42N2O5/c1-28(2,3)23-11-9-8-10-22(23)14-12-21(19-36-26(33)29(4,5)6)18-31(27(30)34)17-20-13-15-24(32)25(16-20)35-7/h8-11,13,15-16,21,32H,12,14,17-19H2,1-7H3,(H2,30,34). The summed E-state index contributed by atoms with van der Waals surface area (Å²) < 4.78 is 10.9. The van der Waals surface area contributed by atoms with Crippen LogP contribution >= 0.6 is 0 Å². The lowest BCUT2D eigenvalue weighted by molar-refractivity contribution is -0.154. The van der Waals surface area contributed by atoms with E-state index in [-0.39, 0.29) is 36.2 Å². The zero-order valence-corrected chi connectivity index (χ0v) is 22.8. The third-order valence-electron chi connectivity index (χ3n) is 6.12. The average Bonchev–Trinajstić information content (AvgIpc) is 2.79. The van der Waals surface area contributed by atoms with Crippen molar-refractivity contribution in [2.45, 2.75) is 66.3 Å². The van der Waals surface area contributed by atoms with E-state index in [0.717, 1.165) is 12.0 Å². The smallest absolute Gasteiger partial charge is 0.315 e. The van der Waals surface area contributed by atoms with E-state index < -0.39 is 11.4 Å². The Bertz CT molecular complexity index is 1040. The third-order valence-corrected chi connectivity index (χ3v) is 6.12. The van der Waals surface area contributed by atoms with E-state index in [1.807, 2.05) is 32.9 Å². The Balaban J connectivity index is 2.24. The zero-order valence-electron chi connectivity index (χ0n) is 22.8. The number of aryl methyl sites for hydroxylation is 1. The molecule has 2 amide bonds. The summed E-state index contributed by atoms with van der Waals surface area (Å²) in [7, 11) is 1.47. The number of aromatic hydroxyl groups is 1. The number of hydrogen-bond acceptors (Lipinski definition) is 5. The highest BCUT2D eigenvalue weighted by Gasteiger charge is 2.26. The second-order valence-corrected chi connectivity index (χ2v) is 11.4. The monoisotopic (exact) mass is 498 g/mol. The van der Waals surface area contributed by atoms with Crippen LogP contribution in [0, 0.1) is 11.3 Å². The molecule has 1 unspecified atom stereocenters. The number of hydrogen-bond donors (Lipinski definition) is 2. The number of primary amides is 1. The summed E-state index contributed by atoms with van der Waals surface area (Å²) in [5.41, 5.74) is 8.42. The van der Waals surface area contributed by atoms with Gasteiger partial charge in [0.25, 0.3) is 0 Å². The van der Waals surface area contributed by atoms with Crippen LogP contribution in [0.5, 0.6) is 11.5 Å². The minimum Gasteiger partial charge on any atom is -0.504 e. The summed E-state index contributed by atoms with van der Waals surface area (Å²) in [5, 5.41) is 9.89. The van der Waals surface area contributed by atoms with Crippen LogP contribution in [0.3, 0.4) is 0 Å². The topological polar surface area (TPSA) is 102 Å². The van der Waals surface area contributed by atoms with Crippen molar-refractivity contribution in [2.75, 3.05) is 20.3 Å². The molecule has 0 saturated carbocycles. The first-order valence-electron chi connectivity index (χ1n) is 12.4. The maximum Gasteiger partial charge on any atom is 0.315 e. The van der Waals surface area contributed by atoms with Crippen LogP contribution < -0.4 is 10.5 Å². The molecule has 0 spiro atoms. The third kappa shape index (κ3) is 8.47. The molecule has 7 heteroatoms. The van der Waals surface area contributed by atoms with Gasteiger partial charge in [0.2, 0.25) is 0 Å². The first-order valence-corrected chi connectivity index (χ1v) is 12.4. The summed E-state index contributed by atoms with van der Waals surface area (Å²) in [6.45, 7) is 12.8. The van der Waals surface area contributed by atoms with Crippen LogP contribution in [0.25, 0.3) is 0 Å². The van der Waals surface area contributed by atoms with Gasteiger partial charge < -0.3 is 25.2 Å². The number of benzene rings is 2. The van der Waals surface area contributed by atoms with E-state index in [2.05, 4.69) is 32.9 Å². The second kappa shape index (κ2) is 12.2. The molecule has 2 aromatic carbocycles.